The van der Waals surface area contributed by atoms with Crippen LogP contribution in [0.3, 0.4) is 0 Å². The van der Waals surface area contributed by atoms with Crippen molar-refractivity contribution < 1.29 is 9.53 Å². The second-order valence-electron chi connectivity index (χ2n) is 3.27. The van der Waals surface area contributed by atoms with Gasteiger partial charge in [0.05, 0.1) is 11.7 Å². The molecule has 0 N–H and O–H groups in total. The molecule has 4 heteroatoms. The van der Waals surface area contributed by atoms with Gasteiger partial charge in [-0.2, -0.15) is 0 Å². The predicted molar refractivity (Wildman–Crippen MR) is 52.7 cm³/mol. The summed E-state index contributed by atoms with van der Waals surface area (Å²) in [5.41, 5.74) is 0.716. The van der Waals surface area contributed by atoms with Gasteiger partial charge in [0, 0.05) is 12.7 Å². The number of aliphatic imine (C=N–C) groups is 1. The second-order valence-corrected chi connectivity index (χ2v) is 3.27. The number of hydrogen-bond acceptors (Lipinski definition) is 3. The summed E-state index contributed by atoms with van der Waals surface area (Å²) in [5.74, 6) is 0. The maximum absolute atomic E-state index is 10.6. The number of ether oxygens (including phenoxy) is 1. The molecular weight excluding hydrogens is 180 g/mol. The second kappa shape index (κ2) is 4.09. The van der Waals surface area contributed by atoms with Crippen LogP contribution >= 0.6 is 0 Å². The summed E-state index contributed by atoms with van der Waals surface area (Å²) in [6, 6.07) is 3.93. The molecule has 0 aromatic carbocycles. The highest BCUT2D eigenvalue weighted by atomic mass is 16.5. The molecule has 0 saturated heterocycles. The third-order valence-corrected chi connectivity index (χ3v) is 2.32. The quantitative estimate of drug-likeness (QED) is 0.671. The zero-order valence-corrected chi connectivity index (χ0v) is 7.80. The van der Waals surface area contributed by atoms with E-state index in [4.69, 9.17) is 4.74 Å². The van der Waals surface area contributed by atoms with Gasteiger partial charge in [-0.15, -0.1) is 0 Å². The third kappa shape index (κ3) is 1.84. The molecule has 14 heavy (non-hydrogen) atoms. The average Bonchev–Trinajstić information content (AvgIpc) is 2.85. The lowest BCUT2D eigenvalue weighted by Gasteiger charge is -2.07. The van der Waals surface area contributed by atoms with Crippen LogP contribution in [-0.4, -0.2) is 29.9 Å². The highest BCUT2D eigenvalue weighted by Crippen LogP contribution is 2.08. The van der Waals surface area contributed by atoms with Crippen molar-refractivity contribution >= 4 is 12.7 Å². The zero-order valence-electron chi connectivity index (χ0n) is 7.80. The van der Waals surface area contributed by atoms with Crippen LogP contribution in [0.2, 0.25) is 0 Å². The average molecular weight is 192 g/mol. The van der Waals surface area contributed by atoms with Crippen LogP contribution in [-0.2, 0) is 11.3 Å². The maximum Gasteiger partial charge on any atom is 0.169 e. The predicted octanol–water partition coefficient (Wildman–Crippen LogP) is 1.12. The standard InChI is InChI=1S/C10H12N2O2/c13-6-10-2-1-4-12(10)5-3-9-7-14-8-11-9/h1-2,4,6,8-9H,3,5,7H2/t9-/m0/s1. The molecule has 0 aliphatic carbocycles. The van der Waals surface area contributed by atoms with Gasteiger partial charge in [-0.05, 0) is 18.6 Å². The van der Waals surface area contributed by atoms with Crippen molar-refractivity contribution in [2.24, 2.45) is 4.99 Å². The largest absolute Gasteiger partial charge is 0.481 e. The Hall–Kier alpha value is -1.58. The van der Waals surface area contributed by atoms with Gasteiger partial charge in [-0.1, -0.05) is 0 Å². The molecule has 0 bridgehead atoms. The van der Waals surface area contributed by atoms with Gasteiger partial charge in [0.1, 0.15) is 6.61 Å². The van der Waals surface area contributed by atoms with Crippen LogP contribution in [0.25, 0.3) is 0 Å². The van der Waals surface area contributed by atoms with E-state index in [1.54, 1.807) is 6.07 Å². The molecule has 74 valence electrons. The SMILES string of the molecule is O=Cc1cccn1CC[C@H]1COC=N1. The van der Waals surface area contributed by atoms with Crippen LogP contribution in [0.15, 0.2) is 23.3 Å². The monoisotopic (exact) mass is 192 g/mol. The van der Waals surface area contributed by atoms with E-state index in [1.165, 1.54) is 6.40 Å². The molecule has 1 atom stereocenters. The summed E-state index contributed by atoms with van der Waals surface area (Å²) in [6.45, 7) is 1.48. The van der Waals surface area contributed by atoms with Crippen LogP contribution < -0.4 is 0 Å². The molecule has 1 aromatic rings. The lowest BCUT2D eigenvalue weighted by atomic mass is 10.2. The minimum absolute atomic E-state index is 0.247. The number of carbonyl (C=O) groups excluding carboxylic acids is 1. The van der Waals surface area contributed by atoms with Crippen molar-refractivity contribution in [3.05, 3.63) is 24.0 Å². The molecular formula is C10H12N2O2. The van der Waals surface area contributed by atoms with Gasteiger partial charge in [0.25, 0.3) is 0 Å². The van der Waals surface area contributed by atoms with Crippen molar-refractivity contribution in [3.8, 4) is 0 Å². The number of aldehydes is 1. The summed E-state index contributed by atoms with van der Waals surface area (Å²) in [7, 11) is 0. The number of nitrogens with zero attached hydrogens (tertiary/aromatic N) is 2. The maximum atomic E-state index is 10.6. The van der Waals surface area contributed by atoms with Crippen LogP contribution in [0.5, 0.6) is 0 Å². The van der Waals surface area contributed by atoms with E-state index < -0.39 is 0 Å². The number of rotatable bonds is 4. The summed E-state index contributed by atoms with van der Waals surface area (Å²) >= 11 is 0. The van der Waals surface area contributed by atoms with E-state index in [-0.39, 0.29) is 6.04 Å². The molecule has 0 spiro atoms. The molecule has 0 radical (unpaired) electrons. The number of carbonyl (C=O) groups is 1. The third-order valence-electron chi connectivity index (χ3n) is 2.32. The van der Waals surface area contributed by atoms with Crippen LogP contribution in [0, 0.1) is 0 Å². The minimum atomic E-state index is 0.247. The Morgan fingerprint density at radius 1 is 1.71 bits per heavy atom. The molecule has 0 fully saturated rings. The van der Waals surface area contributed by atoms with E-state index in [9.17, 15) is 4.79 Å². The van der Waals surface area contributed by atoms with Gasteiger partial charge in [0.15, 0.2) is 12.7 Å². The van der Waals surface area contributed by atoms with Crippen molar-refractivity contribution in [1.29, 1.82) is 0 Å². The highest BCUT2D eigenvalue weighted by molar-refractivity contribution is 5.72. The smallest absolute Gasteiger partial charge is 0.169 e. The highest BCUT2D eigenvalue weighted by Gasteiger charge is 2.11. The van der Waals surface area contributed by atoms with Crippen molar-refractivity contribution in [3.63, 3.8) is 0 Å². The van der Waals surface area contributed by atoms with Gasteiger partial charge in [0.2, 0.25) is 0 Å². The first-order valence-electron chi connectivity index (χ1n) is 4.64. The van der Waals surface area contributed by atoms with Gasteiger partial charge >= 0.3 is 0 Å². The summed E-state index contributed by atoms with van der Waals surface area (Å²) in [6.07, 6.45) is 5.19. The van der Waals surface area contributed by atoms with Crippen molar-refractivity contribution in [2.75, 3.05) is 6.61 Å². The molecule has 1 aliphatic rings. The summed E-state index contributed by atoms with van der Waals surface area (Å²) < 4.78 is 6.94. The molecule has 2 rings (SSSR count). The number of hydrogen-bond donors (Lipinski definition) is 0. The summed E-state index contributed by atoms with van der Waals surface area (Å²) in [4.78, 5) is 14.8. The molecule has 2 heterocycles. The van der Waals surface area contributed by atoms with Crippen molar-refractivity contribution in [2.45, 2.75) is 19.0 Å². The van der Waals surface area contributed by atoms with Gasteiger partial charge < -0.3 is 9.30 Å². The Balaban J connectivity index is 1.90. The van der Waals surface area contributed by atoms with Crippen molar-refractivity contribution in [1.82, 2.24) is 4.57 Å². The van der Waals surface area contributed by atoms with E-state index in [2.05, 4.69) is 4.99 Å². The minimum Gasteiger partial charge on any atom is -0.481 e. The molecule has 0 amide bonds. The molecule has 4 nitrogen and oxygen atoms in total. The van der Waals surface area contributed by atoms with E-state index in [1.807, 2.05) is 16.8 Å². The fraction of sp³-hybridized carbons (Fsp3) is 0.400. The van der Waals surface area contributed by atoms with Gasteiger partial charge in [-0.25, -0.2) is 0 Å². The van der Waals surface area contributed by atoms with E-state index in [0.717, 1.165) is 19.3 Å². The normalized spacial score (nSPS) is 19.6. The molecule has 0 unspecified atom stereocenters. The lowest BCUT2D eigenvalue weighted by Crippen LogP contribution is -2.11. The first-order valence-corrected chi connectivity index (χ1v) is 4.64. The Labute approximate surface area is 82.2 Å². The molecule has 0 saturated carbocycles. The number of aryl methyl sites for hydroxylation is 1. The first kappa shape index (κ1) is 8.99. The Bertz CT molecular complexity index is 344. The Morgan fingerprint density at radius 3 is 3.36 bits per heavy atom. The zero-order chi connectivity index (χ0) is 9.80. The van der Waals surface area contributed by atoms with E-state index >= 15 is 0 Å². The number of aromatic nitrogens is 1. The van der Waals surface area contributed by atoms with E-state index in [0.29, 0.717) is 12.3 Å². The fourth-order valence-corrected chi connectivity index (χ4v) is 1.51. The fourth-order valence-electron chi connectivity index (χ4n) is 1.51. The Morgan fingerprint density at radius 2 is 2.64 bits per heavy atom. The van der Waals surface area contributed by atoms with Crippen LogP contribution in [0.1, 0.15) is 16.9 Å². The lowest BCUT2D eigenvalue weighted by molar-refractivity contribution is 0.111. The topological polar surface area (TPSA) is 43.6 Å². The van der Waals surface area contributed by atoms with Gasteiger partial charge in [-0.3, -0.25) is 9.79 Å². The molecule has 1 aromatic heterocycles. The van der Waals surface area contributed by atoms with Crippen LogP contribution in [0.4, 0.5) is 0 Å². The molecule has 1 aliphatic heterocycles. The first-order chi connectivity index (χ1) is 6.90. The summed E-state index contributed by atoms with van der Waals surface area (Å²) in [5, 5.41) is 0. The Kier molecular flexibility index (Phi) is 2.62.